The molecular weight excluding hydrogens is 553 g/mol. The number of nitrogens with one attached hydrogen (secondary N) is 2. The standard InChI is InChI=1S/C30H29Cl2N3O5/c1-2-39-30(38)23-15-33-16-25(23)35-27(22-13-12-19(31)14-24(22)32)26(20-10-6-7-11-21(20)29(35)37)28(36)34-40-17-18-8-4-3-5-9-18/h3-14,23,25-27,33H,2,15-17H2,1H3,(H,34,36). The summed E-state index contributed by atoms with van der Waals surface area (Å²) in [6.45, 7) is 2.80. The van der Waals surface area contributed by atoms with Gasteiger partial charge in [-0.2, -0.15) is 0 Å². The molecule has 2 N–H and O–H groups in total. The average molecular weight is 582 g/mol. The summed E-state index contributed by atoms with van der Waals surface area (Å²) in [5, 5.41) is 3.94. The van der Waals surface area contributed by atoms with Crippen LogP contribution in [-0.4, -0.2) is 48.4 Å². The Hall–Kier alpha value is -3.43. The molecule has 2 aliphatic rings. The Labute approximate surface area is 242 Å². The molecule has 0 aliphatic carbocycles. The molecule has 1 saturated heterocycles. The van der Waals surface area contributed by atoms with Gasteiger partial charge in [0.2, 0.25) is 0 Å². The number of rotatable bonds is 8. The van der Waals surface area contributed by atoms with E-state index < -0.39 is 35.8 Å². The largest absolute Gasteiger partial charge is 0.466 e. The smallest absolute Gasteiger partial charge is 0.312 e. The van der Waals surface area contributed by atoms with Gasteiger partial charge in [0, 0.05) is 28.7 Å². The van der Waals surface area contributed by atoms with Crippen LogP contribution in [0, 0.1) is 5.92 Å². The van der Waals surface area contributed by atoms with E-state index in [1.54, 1.807) is 54.3 Å². The van der Waals surface area contributed by atoms with Crippen LogP contribution in [-0.2, 0) is 25.8 Å². The number of nitrogens with zero attached hydrogens (tertiary/aromatic N) is 1. The van der Waals surface area contributed by atoms with Crippen LogP contribution in [0.5, 0.6) is 0 Å². The summed E-state index contributed by atoms with van der Waals surface area (Å²) in [4.78, 5) is 48.3. The van der Waals surface area contributed by atoms with E-state index >= 15 is 0 Å². The Balaban J connectivity index is 1.58. The Morgan fingerprint density at radius 2 is 1.75 bits per heavy atom. The molecule has 0 saturated carbocycles. The van der Waals surface area contributed by atoms with E-state index in [1.165, 1.54) is 0 Å². The fourth-order valence-electron chi connectivity index (χ4n) is 5.55. The van der Waals surface area contributed by atoms with E-state index in [0.717, 1.165) is 5.56 Å². The fourth-order valence-corrected chi connectivity index (χ4v) is 6.07. The van der Waals surface area contributed by atoms with Gasteiger partial charge >= 0.3 is 5.97 Å². The van der Waals surface area contributed by atoms with Gasteiger partial charge in [-0.25, -0.2) is 5.48 Å². The van der Waals surface area contributed by atoms with Gasteiger partial charge in [0.25, 0.3) is 11.8 Å². The lowest BCUT2D eigenvalue weighted by atomic mass is 9.77. The van der Waals surface area contributed by atoms with Crippen LogP contribution in [0.25, 0.3) is 0 Å². The van der Waals surface area contributed by atoms with E-state index in [2.05, 4.69) is 10.8 Å². The Kier molecular flexibility index (Phi) is 8.71. The zero-order chi connectivity index (χ0) is 28.2. The molecule has 40 heavy (non-hydrogen) atoms. The number of hydrogen-bond donors (Lipinski definition) is 2. The summed E-state index contributed by atoms with van der Waals surface area (Å²) in [6, 6.07) is 20.0. The number of fused-ring (bicyclic) bond motifs is 1. The third-order valence-electron chi connectivity index (χ3n) is 7.32. The zero-order valence-electron chi connectivity index (χ0n) is 21.8. The molecule has 2 heterocycles. The van der Waals surface area contributed by atoms with Crippen LogP contribution < -0.4 is 10.8 Å². The van der Waals surface area contributed by atoms with Crippen molar-refractivity contribution in [1.82, 2.24) is 15.7 Å². The van der Waals surface area contributed by atoms with Gasteiger partial charge in [-0.3, -0.25) is 19.2 Å². The van der Waals surface area contributed by atoms with Crippen molar-refractivity contribution >= 4 is 41.0 Å². The number of amides is 2. The Bertz CT molecular complexity index is 1400. The lowest BCUT2D eigenvalue weighted by Gasteiger charge is -2.45. The SMILES string of the molecule is CCOC(=O)C1CNCC1N1C(=O)c2ccccc2C(C(=O)NOCc2ccccc2)C1c1ccc(Cl)cc1Cl. The summed E-state index contributed by atoms with van der Waals surface area (Å²) >= 11 is 12.9. The Morgan fingerprint density at radius 1 is 1.00 bits per heavy atom. The van der Waals surface area contributed by atoms with E-state index in [9.17, 15) is 14.4 Å². The van der Waals surface area contributed by atoms with Crippen molar-refractivity contribution in [3.63, 3.8) is 0 Å². The number of ether oxygens (including phenoxy) is 1. The molecule has 0 spiro atoms. The van der Waals surface area contributed by atoms with E-state index in [4.69, 9.17) is 32.8 Å². The minimum Gasteiger partial charge on any atom is -0.466 e. The van der Waals surface area contributed by atoms with Crippen LogP contribution in [0.4, 0.5) is 0 Å². The molecule has 0 radical (unpaired) electrons. The van der Waals surface area contributed by atoms with Crippen LogP contribution in [0.1, 0.15) is 45.9 Å². The first-order valence-electron chi connectivity index (χ1n) is 13.1. The second-order valence-electron chi connectivity index (χ2n) is 9.71. The van der Waals surface area contributed by atoms with Gasteiger partial charge in [-0.15, -0.1) is 0 Å². The third kappa shape index (κ3) is 5.58. The van der Waals surface area contributed by atoms with Gasteiger partial charge < -0.3 is 15.0 Å². The fraction of sp³-hybridized carbons (Fsp3) is 0.300. The van der Waals surface area contributed by atoms with Crippen LogP contribution in [0.15, 0.2) is 72.8 Å². The van der Waals surface area contributed by atoms with Crippen LogP contribution in [0.3, 0.4) is 0 Å². The summed E-state index contributed by atoms with van der Waals surface area (Å²) in [5.41, 5.74) is 4.94. The second-order valence-corrected chi connectivity index (χ2v) is 10.6. The molecule has 4 atom stereocenters. The van der Waals surface area contributed by atoms with Gasteiger partial charge in [0.15, 0.2) is 0 Å². The molecular formula is C30H29Cl2N3O5. The molecule has 2 amide bonds. The van der Waals surface area contributed by atoms with Crippen molar-refractivity contribution in [2.45, 2.75) is 31.5 Å². The van der Waals surface area contributed by atoms with Gasteiger partial charge in [0.05, 0.1) is 37.1 Å². The van der Waals surface area contributed by atoms with Gasteiger partial charge in [-0.05, 0) is 41.8 Å². The van der Waals surface area contributed by atoms with Gasteiger partial charge in [-0.1, -0.05) is 77.8 Å². The molecule has 8 nitrogen and oxygen atoms in total. The zero-order valence-corrected chi connectivity index (χ0v) is 23.3. The highest BCUT2D eigenvalue weighted by molar-refractivity contribution is 6.35. The molecule has 2 aliphatic heterocycles. The Morgan fingerprint density at radius 3 is 2.50 bits per heavy atom. The minimum atomic E-state index is -0.896. The summed E-state index contributed by atoms with van der Waals surface area (Å²) < 4.78 is 5.34. The van der Waals surface area contributed by atoms with E-state index in [1.807, 2.05) is 30.3 Å². The molecule has 0 aromatic heterocycles. The first-order valence-corrected chi connectivity index (χ1v) is 13.9. The number of hydrogen-bond acceptors (Lipinski definition) is 6. The third-order valence-corrected chi connectivity index (χ3v) is 7.89. The monoisotopic (exact) mass is 581 g/mol. The highest BCUT2D eigenvalue weighted by atomic mass is 35.5. The molecule has 5 rings (SSSR count). The average Bonchev–Trinajstić information content (AvgIpc) is 3.43. The number of carbonyl (C=O) groups excluding carboxylic acids is 3. The van der Waals surface area contributed by atoms with Crippen molar-refractivity contribution in [2.75, 3.05) is 19.7 Å². The summed E-state index contributed by atoms with van der Waals surface area (Å²) in [6.07, 6.45) is 0. The molecule has 208 valence electrons. The maximum atomic E-state index is 14.2. The maximum Gasteiger partial charge on any atom is 0.312 e. The number of halogens is 2. The van der Waals surface area contributed by atoms with Crippen molar-refractivity contribution in [1.29, 1.82) is 0 Å². The highest BCUT2D eigenvalue weighted by Gasteiger charge is 2.51. The molecule has 3 aromatic carbocycles. The van der Waals surface area contributed by atoms with E-state index in [-0.39, 0.29) is 19.1 Å². The molecule has 0 bridgehead atoms. The molecule has 10 heteroatoms. The summed E-state index contributed by atoms with van der Waals surface area (Å²) in [7, 11) is 0. The number of hydroxylamine groups is 1. The van der Waals surface area contributed by atoms with Gasteiger partial charge in [0.1, 0.15) is 0 Å². The van der Waals surface area contributed by atoms with Crippen molar-refractivity contribution in [3.05, 3.63) is 105 Å². The molecule has 4 unspecified atom stereocenters. The second kappa shape index (κ2) is 12.4. The van der Waals surface area contributed by atoms with Crippen LogP contribution >= 0.6 is 23.2 Å². The van der Waals surface area contributed by atoms with Crippen molar-refractivity contribution in [2.24, 2.45) is 5.92 Å². The number of benzene rings is 3. The number of esters is 1. The lowest BCUT2D eigenvalue weighted by molar-refractivity contribution is -0.149. The lowest BCUT2D eigenvalue weighted by Crippen LogP contribution is -2.54. The first kappa shape index (κ1) is 28.1. The van der Waals surface area contributed by atoms with Crippen LogP contribution in [0.2, 0.25) is 10.0 Å². The van der Waals surface area contributed by atoms with Crippen molar-refractivity contribution < 1.29 is 24.0 Å². The highest BCUT2D eigenvalue weighted by Crippen LogP contribution is 2.47. The van der Waals surface area contributed by atoms with E-state index in [0.29, 0.717) is 39.8 Å². The maximum absolute atomic E-state index is 14.2. The minimum absolute atomic E-state index is 0.160. The number of carbonyl (C=O) groups is 3. The van der Waals surface area contributed by atoms with Crippen molar-refractivity contribution in [3.8, 4) is 0 Å². The molecule has 1 fully saturated rings. The molecule has 3 aromatic rings. The predicted molar refractivity (Wildman–Crippen MR) is 151 cm³/mol. The summed E-state index contributed by atoms with van der Waals surface area (Å²) in [5.74, 6) is -2.68. The normalized spacial score (nSPS) is 22.1. The topological polar surface area (TPSA) is 97.0 Å². The quantitative estimate of drug-likeness (QED) is 0.296. The first-order chi connectivity index (χ1) is 19.4. The predicted octanol–water partition coefficient (Wildman–Crippen LogP) is 4.67.